The number of carbonyl (C=O) groups excluding carboxylic acids is 1. The molecule has 0 bridgehead atoms. The molecule has 5 nitrogen and oxygen atoms in total. The van der Waals surface area contributed by atoms with E-state index in [0.717, 1.165) is 31.6 Å². The Morgan fingerprint density at radius 2 is 2.39 bits per heavy atom. The summed E-state index contributed by atoms with van der Waals surface area (Å²) in [5.41, 5.74) is 6.12. The monoisotopic (exact) mass is 249 g/mol. The Morgan fingerprint density at radius 1 is 1.61 bits per heavy atom. The Morgan fingerprint density at radius 3 is 3.00 bits per heavy atom. The van der Waals surface area contributed by atoms with Crippen LogP contribution in [0.3, 0.4) is 0 Å². The molecule has 1 aromatic rings. The molecule has 3 rings (SSSR count). The summed E-state index contributed by atoms with van der Waals surface area (Å²) in [5.74, 6) is 1.75. The topological polar surface area (TPSA) is 72.4 Å². The number of carbonyl (C=O) groups is 1. The highest BCUT2D eigenvalue weighted by Crippen LogP contribution is 2.40. The average Bonchev–Trinajstić information content (AvgIpc) is 2.98. The van der Waals surface area contributed by atoms with Crippen molar-refractivity contribution in [3.8, 4) is 0 Å². The van der Waals surface area contributed by atoms with Gasteiger partial charge in [-0.15, -0.1) is 0 Å². The Labute approximate surface area is 106 Å². The van der Waals surface area contributed by atoms with Gasteiger partial charge in [-0.05, 0) is 38.6 Å². The van der Waals surface area contributed by atoms with Crippen LogP contribution in [0.4, 0.5) is 0 Å². The minimum atomic E-state index is -0.0194. The van der Waals surface area contributed by atoms with E-state index in [9.17, 15) is 4.79 Å². The lowest BCUT2D eigenvalue weighted by molar-refractivity contribution is 0.0733. The second kappa shape index (κ2) is 4.39. The summed E-state index contributed by atoms with van der Waals surface area (Å²) in [4.78, 5) is 14.2. The molecule has 1 aliphatic heterocycles. The van der Waals surface area contributed by atoms with E-state index in [4.69, 9.17) is 10.3 Å². The second-order valence-corrected chi connectivity index (χ2v) is 5.53. The number of hydrogen-bond acceptors (Lipinski definition) is 4. The normalized spacial score (nSPS) is 27.8. The molecule has 98 valence electrons. The van der Waals surface area contributed by atoms with Gasteiger partial charge in [-0.2, -0.15) is 0 Å². The van der Waals surface area contributed by atoms with Crippen molar-refractivity contribution < 1.29 is 9.32 Å². The van der Waals surface area contributed by atoms with Gasteiger partial charge in [-0.1, -0.05) is 5.16 Å². The Hall–Kier alpha value is -1.36. The van der Waals surface area contributed by atoms with Crippen molar-refractivity contribution in [2.75, 3.05) is 13.1 Å². The maximum absolute atomic E-state index is 12.3. The molecule has 2 fully saturated rings. The molecule has 0 radical (unpaired) electrons. The van der Waals surface area contributed by atoms with Crippen molar-refractivity contribution in [3.63, 3.8) is 0 Å². The van der Waals surface area contributed by atoms with Crippen molar-refractivity contribution in [1.82, 2.24) is 10.1 Å². The quantitative estimate of drug-likeness (QED) is 0.878. The van der Waals surface area contributed by atoms with Crippen molar-refractivity contribution in [2.24, 2.45) is 11.7 Å². The molecule has 2 aliphatic rings. The first-order valence-corrected chi connectivity index (χ1v) is 6.66. The molecular weight excluding hydrogens is 230 g/mol. The van der Waals surface area contributed by atoms with Gasteiger partial charge in [0.2, 0.25) is 0 Å². The molecule has 2 unspecified atom stereocenters. The largest absolute Gasteiger partial charge is 0.360 e. The summed E-state index contributed by atoms with van der Waals surface area (Å²) in [6.07, 6.45) is 3.28. The molecule has 0 spiro atoms. The zero-order valence-corrected chi connectivity index (χ0v) is 10.6. The summed E-state index contributed by atoms with van der Waals surface area (Å²) in [6.45, 7) is 3.44. The molecule has 2 heterocycles. The summed E-state index contributed by atoms with van der Waals surface area (Å²) < 4.78 is 5.24. The van der Waals surface area contributed by atoms with E-state index in [1.807, 2.05) is 11.0 Å². The number of nitrogens with two attached hydrogens (primary N) is 1. The molecule has 5 heteroatoms. The highest BCUT2D eigenvalue weighted by Gasteiger charge is 2.35. The first kappa shape index (κ1) is 11.7. The molecule has 1 aliphatic carbocycles. The van der Waals surface area contributed by atoms with Crippen LogP contribution >= 0.6 is 0 Å². The van der Waals surface area contributed by atoms with Crippen LogP contribution < -0.4 is 5.73 Å². The Bertz CT molecular complexity index is 453. The van der Waals surface area contributed by atoms with Crippen LogP contribution in [0.5, 0.6) is 0 Å². The first-order valence-electron chi connectivity index (χ1n) is 6.66. The standard InChI is InChI=1S/C13H19N3O2/c1-8-4-9(6-14)7-16(8)13(17)11-5-12(18-15-11)10-2-3-10/h5,8-10H,2-4,6-7,14H2,1H3. The zero-order valence-electron chi connectivity index (χ0n) is 10.6. The van der Waals surface area contributed by atoms with E-state index >= 15 is 0 Å². The highest BCUT2D eigenvalue weighted by atomic mass is 16.5. The van der Waals surface area contributed by atoms with Gasteiger partial charge in [0.25, 0.3) is 5.91 Å². The summed E-state index contributed by atoms with van der Waals surface area (Å²) in [5, 5.41) is 3.91. The van der Waals surface area contributed by atoms with Crippen molar-refractivity contribution in [2.45, 2.75) is 38.1 Å². The van der Waals surface area contributed by atoms with Gasteiger partial charge in [0, 0.05) is 24.6 Å². The summed E-state index contributed by atoms with van der Waals surface area (Å²) >= 11 is 0. The van der Waals surface area contributed by atoms with Crippen molar-refractivity contribution >= 4 is 5.91 Å². The fourth-order valence-corrected chi connectivity index (χ4v) is 2.69. The lowest BCUT2D eigenvalue weighted by Gasteiger charge is -2.19. The number of hydrogen-bond donors (Lipinski definition) is 1. The number of aromatic nitrogens is 1. The molecule has 1 amide bonds. The molecule has 1 aromatic heterocycles. The van der Waals surface area contributed by atoms with E-state index in [2.05, 4.69) is 12.1 Å². The van der Waals surface area contributed by atoms with Gasteiger partial charge in [-0.25, -0.2) is 0 Å². The summed E-state index contributed by atoms with van der Waals surface area (Å²) in [6, 6.07) is 2.05. The molecule has 2 atom stereocenters. The van der Waals surface area contributed by atoms with Gasteiger partial charge in [0.1, 0.15) is 5.76 Å². The van der Waals surface area contributed by atoms with Crippen molar-refractivity contribution in [1.29, 1.82) is 0 Å². The van der Waals surface area contributed by atoms with Gasteiger partial charge < -0.3 is 15.2 Å². The number of likely N-dealkylation sites (tertiary alicyclic amines) is 1. The molecule has 2 N–H and O–H groups in total. The van der Waals surface area contributed by atoms with Crippen LogP contribution in [0.15, 0.2) is 10.6 Å². The highest BCUT2D eigenvalue weighted by molar-refractivity contribution is 5.92. The second-order valence-electron chi connectivity index (χ2n) is 5.53. The van der Waals surface area contributed by atoms with Crippen LogP contribution in [0, 0.1) is 5.92 Å². The fourth-order valence-electron chi connectivity index (χ4n) is 2.69. The number of rotatable bonds is 3. The predicted molar refractivity (Wildman–Crippen MR) is 66.1 cm³/mol. The van der Waals surface area contributed by atoms with Crippen LogP contribution in [0.25, 0.3) is 0 Å². The van der Waals surface area contributed by atoms with Crippen LogP contribution in [0.1, 0.15) is 48.4 Å². The van der Waals surface area contributed by atoms with Crippen LogP contribution in [-0.4, -0.2) is 35.1 Å². The van der Waals surface area contributed by atoms with E-state index in [0.29, 0.717) is 24.1 Å². The lowest BCUT2D eigenvalue weighted by atomic mass is 10.1. The number of amides is 1. The number of nitrogens with zero attached hydrogens (tertiary/aromatic N) is 2. The minimum Gasteiger partial charge on any atom is -0.360 e. The Balaban J connectivity index is 1.73. The van der Waals surface area contributed by atoms with Crippen molar-refractivity contribution in [3.05, 3.63) is 17.5 Å². The van der Waals surface area contributed by atoms with Crippen LogP contribution in [-0.2, 0) is 0 Å². The third-order valence-corrected chi connectivity index (χ3v) is 3.98. The van der Waals surface area contributed by atoms with Crippen LogP contribution in [0.2, 0.25) is 0 Å². The minimum absolute atomic E-state index is 0.0194. The molecule has 1 saturated heterocycles. The van der Waals surface area contributed by atoms with E-state index in [1.54, 1.807) is 0 Å². The fraction of sp³-hybridized carbons (Fsp3) is 0.692. The smallest absolute Gasteiger partial charge is 0.276 e. The van der Waals surface area contributed by atoms with Gasteiger partial charge >= 0.3 is 0 Å². The molecular formula is C13H19N3O2. The summed E-state index contributed by atoms with van der Waals surface area (Å²) in [7, 11) is 0. The SMILES string of the molecule is CC1CC(CN)CN1C(=O)c1cc(C2CC2)on1. The van der Waals surface area contributed by atoms with E-state index in [-0.39, 0.29) is 11.9 Å². The maximum Gasteiger partial charge on any atom is 0.276 e. The third-order valence-electron chi connectivity index (χ3n) is 3.98. The Kier molecular flexibility index (Phi) is 2.86. The molecule has 18 heavy (non-hydrogen) atoms. The third kappa shape index (κ3) is 2.03. The average molecular weight is 249 g/mol. The first-order chi connectivity index (χ1) is 8.69. The van der Waals surface area contributed by atoms with E-state index < -0.39 is 0 Å². The molecule has 0 aromatic carbocycles. The predicted octanol–water partition coefficient (Wildman–Crippen LogP) is 1.36. The maximum atomic E-state index is 12.3. The lowest BCUT2D eigenvalue weighted by Crippen LogP contribution is -2.34. The van der Waals surface area contributed by atoms with Gasteiger partial charge in [-0.3, -0.25) is 4.79 Å². The van der Waals surface area contributed by atoms with Gasteiger partial charge in [0.05, 0.1) is 0 Å². The van der Waals surface area contributed by atoms with Gasteiger partial charge in [0.15, 0.2) is 5.69 Å². The zero-order chi connectivity index (χ0) is 12.7. The van der Waals surface area contributed by atoms with E-state index in [1.165, 1.54) is 0 Å². The molecule has 1 saturated carbocycles.